The molecule has 35 heavy (non-hydrogen) atoms. The van der Waals surface area contributed by atoms with Crippen LogP contribution in [0.25, 0.3) is 0 Å². The molecule has 0 aliphatic carbocycles. The van der Waals surface area contributed by atoms with Gasteiger partial charge in [0.1, 0.15) is 0 Å². The minimum Gasteiger partial charge on any atom is -0.462 e. The van der Waals surface area contributed by atoms with Gasteiger partial charge in [0.15, 0.2) is 0 Å². The molecule has 0 radical (unpaired) electrons. The molecule has 0 bridgehead atoms. The number of nitrogens with zero attached hydrogens (tertiary/aromatic N) is 3. The Bertz CT molecular complexity index is 1230. The summed E-state index contributed by atoms with van der Waals surface area (Å²) in [5, 5.41) is 0. The van der Waals surface area contributed by atoms with E-state index < -0.39 is 22.0 Å². The van der Waals surface area contributed by atoms with Crippen LogP contribution in [0.4, 0.5) is 5.69 Å². The number of carbonyl (C=O) groups is 3. The molecule has 0 N–H and O–H groups in total. The summed E-state index contributed by atoms with van der Waals surface area (Å²) >= 11 is 0. The van der Waals surface area contributed by atoms with Crippen LogP contribution in [0.5, 0.6) is 0 Å². The fourth-order valence-corrected chi connectivity index (χ4v) is 6.10. The van der Waals surface area contributed by atoms with E-state index in [1.807, 2.05) is 36.9 Å². The number of aryl methyl sites for hydroxylation is 2. The number of esters is 1. The molecule has 0 spiro atoms. The molecule has 0 unspecified atom stereocenters. The van der Waals surface area contributed by atoms with E-state index in [1.165, 1.54) is 33.5 Å². The molecule has 186 valence electrons. The number of imide groups is 1. The molecular weight excluding hydrogens is 470 g/mol. The summed E-state index contributed by atoms with van der Waals surface area (Å²) in [4.78, 5) is 41.1. The summed E-state index contributed by atoms with van der Waals surface area (Å²) in [5.74, 6) is -1.01. The van der Waals surface area contributed by atoms with E-state index in [2.05, 4.69) is 0 Å². The monoisotopic (exact) mass is 499 g/mol. The summed E-state index contributed by atoms with van der Waals surface area (Å²) in [6.45, 7) is 6.76. The fourth-order valence-electron chi connectivity index (χ4n) is 4.68. The number of hydrogen-bond acceptors (Lipinski definition) is 7. The molecular formula is C25H29N3O6S. The van der Waals surface area contributed by atoms with Crippen molar-refractivity contribution in [2.24, 2.45) is 0 Å². The Labute approximate surface area is 205 Å². The second kappa shape index (κ2) is 9.88. The van der Waals surface area contributed by atoms with E-state index in [1.54, 1.807) is 6.92 Å². The van der Waals surface area contributed by atoms with Gasteiger partial charge >= 0.3 is 5.97 Å². The van der Waals surface area contributed by atoms with E-state index in [0.717, 1.165) is 11.1 Å². The average Bonchev–Trinajstić information content (AvgIpc) is 3.13. The van der Waals surface area contributed by atoms with Gasteiger partial charge in [-0.2, -0.15) is 4.31 Å². The molecule has 2 heterocycles. The van der Waals surface area contributed by atoms with E-state index in [-0.39, 0.29) is 48.4 Å². The number of para-hydroxylation sites is 1. The Morgan fingerprint density at radius 2 is 1.57 bits per heavy atom. The summed E-state index contributed by atoms with van der Waals surface area (Å²) in [6.07, 6.45) is 0.0781. The second-order valence-electron chi connectivity index (χ2n) is 8.71. The number of benzene rings is 2. The first kappa shape index (κ1) is 25.0. The number of anilines is 1. The number of amides is 2. The maximum atomic E-state index is 13.2. The molecule has 2 fully saturated rings. The molecule has 2 amide bonds. The van der Waals surface area contributed by atoms with Gasteiger partial charge in [-0.3, -0.25) is 14.5 Å². The van der Waals surface area contributed by atoms with Crippen molar-refractivity contribution in [3.8, 4) is 0 Å². The van der Waals surface area contributed by atoms with Crippen LogP contribution < -0.4 is 4.90 Å². The predicted octanol–water partition coefficient (Wildman–Crippen LogP) is 2.12. The Hall–Kier alpha value is -3.08. The summed E-state index contributed by atoms with van der Waals surface area (Å²) < 4.78 is 32.5. The molecule has 2 aromatic rings. The molecule has 2 aromatic carbocycles. The average molecular weight is 500 g/mol. The van der Waals surface area contributed by atoms with Crippen LogP contribution in [0.2, 0.25) is 0 Å². The number of ether oxygens (including phenoxy) is 1. The first-order chi connectivity index (χ1) is 16.6. The SMILES string of the molecule is CCOC(=O)c1ccc(S(=O)(=O)N2CCN([C@@H]3CC(=O)N(c4c(C)cccc4C)C3=O)CC2)cc1. The van der Waals surface area contributed by atoms with Gasteiger partial charge in [0.25, 0.3) is 5.91 Å². The molecule has 2 aliphatic rings. The van der Waals surface area contributed by atoms with Crippen LogP contribution >= 0.6 is 0 Å². The van der Waals surface area contributed by atoms with Crippen LogP contribution in [-0.2, 0) is 24.3 Å². The molecule has 0 aromatic heterocycles. The third-order valence-corrected chi connectivity index (χ3v) is 8.42. The Morgan fingerprint density at radius 1 is 0.971 bits per heavy atom. The van der Waals surface area contributed by atoms with Gasteiger partial charge in [0, 0.05) is 26.2 Å². The summed E-state index contributed by atoms with van der Waals surface area (Å²) in [7, 11) is -3.76. The van der Waals surface area contributed by atoms with Crippen molar-refractivity contribution in [3.05, 3.63) is 59.2 Å². The zero-order valence-corrected chi connectivity index (χ0v) is 20.9. The smallest absolute Gasteiger partial charge is 0.338 e. The van der Waals surface area contributed by atoms with Crippen molar-refractivity contribution in [1.82, 2.24) is 9.21 Å². The Balaban J connectivity index is 1.43. The highest BCUT2D eigenvalue weighted by molar-refractivity contribution is 7.89. The third-order valence-electron chi connectivity index (χ3n) is 6.50. The van der Waals surface area contributed by atoms with Crippen molar-refractivity contribution < 1.29 is 27.5 Å². The van der Waals surface area contributed by atoms with Gasteiger partial charge in [0.2, 0.25) is 15.9 Å². The zero-order valence-electron chi connectivity index (χ0n) is 20.1. The van der Waals surface area contributed by atoms with E-state index in [9.17, 15) is 22.8 Å². The van der Waals surface area contributed by atoms with Gasteiger partial charge < -0.3 is 4.74 Å². The molecule has 2 saturated heterocycles. The zero-order chi connectivity index (χ0) is 25.3. The molecule has 10 heteroatoms. The standard InChI is InChI=1S/C25H29N3O6S/c1-4-34-25(31)19-8-10-20(11-9-19)35(32,33)27-14-12-26(13-15-27)21-16-22(29)28(24(21)30)23-17(2)6-5-7-18(23)3/h5-11,21H,4,12-16H2,1-3H3/t21-/m1/s1. The van der Waals surface area contributed by atoms with Crippen molar-refractivity contribution in [2.75, 3.05) is 37.7 Å². The maximum Gasteiger partial charge on any atom is 0.338 e. The number of piperazine rings is 1. The minimum atomic E-state index is -3.76. The lowest BCUT2D eigenvalue weighted by Gasteiger charge is -2.36. The lowest BCUT2D eigenvalue weighted by molar-refractivity contribution is -0.123. The van der Waals surface area contributed by atoms with Gasteiger partial charge in [-0.25, -0.2) is 18.1 Å². The second-order valence-corrected chi connectivity index (χ2v) is 10.7. The highest BCUT2D eigenvalue weighted by Crippen LogP contribution is 2.32. The molecule has 0 saturated carbocycles. The topological polar surface area (TPSA) is 104 Å². The highest BCUT2D eigenvalue weighted by atomic mass is 32.2. The highest BCUT2D eigenvalue weighted by Gasteiger charge is 2.44. The first-order valence-corrected chi connectivity index (χ1v) is 13.0. The molecule has 1 atom stereocenters. The summed E-state index contributed by atoms with van der Waals surface area (Å²) in [6, 6.07) is 10.7. The van der Waals surface area contributed by atoms with Crippen molar-refractivity contribution in [3.63, 3.8) is 0 Å². The van der Waals surface area contributed by atoms with Gasteiger partial charge in [-0.05, 0) is 56.2 Å². The van der Waals surface area contributed by atoms with Crippen molar-refractivity contribution in [1.29, 1.82) is 0 Å². The normalized spacial score (nSPS) is 19.9. The number of sulfonamides is 1. The first-order valence-electron chi connectivity index (χ1n) is 11.6. The van der Waals surface area contributed by atoms with E-state index in [4.69, 9.17) is 4.74 Å². The van der Waals surface area contributed by atoms with Crippen LogP contribution in [0.3, 0.4) is 0 Å². The third kappa shape index (κ3) is 4.73. The largest absolute Gasteiger partial charge is 0.462 e. The Kier molecular flexibility index (Phi) is 7.07. The lowest BCUT2D eigenvalue weighted by atomic mass is 10.1. The van der Waals surface area contributed by atoms with Gasteiger partial charge in [0.05, 0.1) is 35.2 Å². The maximum absolute atomic E-state index is 13.2. The van der Waals surface area contributed by atoms with Gasteiger partial charge in [-0.15, -0.1) is 0 Å². The predicted molar refractivity (Wildman–Crippen MR) is 130 cm³/mol. The minimum absolute atomic E-state index is 0.0781. The van der Waals surface area contributed by atoms with Crippen LogP contribution in [-0.4, -0.2) is 74.2 Å². The Morgan fingerprint density at radius 3 is 2.14 bits per heavy atom. The van der Waals surface area contributed by atoms with Crippen LogP contribution in [0, 0.1) is 13.8 Å². The number of carbonyl (C=O) groups excluding carboxylic acids is 3. The quantitative estimate of drug-likeness (QED) is 0.443. The number of hydrogen-bond donors (Lipinski definition) is 0. The molecule has 2 aliphatic heterocycles. The van der Waals surface area contributed by atoms with E-state index in [0.29, 0.717) is 18.8 Å². The van der Waals surface area contributed by atoms with E-state index >= 15 is 0 Å². The molecule has 9 nitrogen and oxygen atoms in total. The fraction of sp³-hybridized carbons (Fsp3) is 0.400. The van der Waals surface area contributed by atoms with Crippen LogP contribution in [0.15, 0.2) is 47.4 Å². The van der Waals surface area contributed by atoms with Crippen molar-refractivity contribution in [2.45, 2.75) is 38.1 Å². The van der Waals surface area contributed by atoms with Crippen LogP contribution in [0.1, 0.15) is 34.8 Å². The summed E-state index contributed by atoms with van der Waals surface area (Å²) in [5.41, 5.74) is 2.64. The van der Waals surface area contributed by atoms with Crippen molar-refractivity contribution >= 4 is 33.5 Å². The number of rotatable bonds is 6. The molecule has 4 rings (SSSR count). The van der Waals surface area contributed by atoms with Gasteiger partial charge in [-0.1, -0.05) is 18.2 Å². The lowest BCUT2D eigenvalue weighted by Crippen LogP contribution is -2.53.